The molecule has 0 aliphatic carbocycles. The molecular weight excluding hydrogens is 271 g/mol. The maximum atomic E-state index is 13.1. The zero-order chi connectivity index (χ0) is 12.5. The molecule has 0 spiro atoms. The molecule has 0 saturated heterocycles. The minimum Gasteiger partial charge on any atom is -0.492 e. The van der Waals surface area contributed by atoms with Crippen LogP contribution in [0.3, 0.4) is 0 Å². The van der Waals surface area contributed by atoms with Gasteiger partial charge in [0.1, 0.15) is 5.69 Å². The third-order valence-electron chi connectivity index (χ3n) is 1.63. The van der Waals surface area contributed by atoms with Crippen LogP contribution in [0.4, 0.5) is 13.2 Å². The standard InChI is InChI=1S/C7H5ClF3NO3S/c1-15-5-3(9)2-12-4(7(10)11)6(5)16(8,13)14/h2,7H,1H3. The van der Waals surface area contributed by atoms with E-state index < -0.39 is 37.6 Å². The van der Waals surface area contributed by atoms with E-state index in [-0.39, 0.29) is 0 Å². The molecule has 0 aliphatic rings. The van der Waals surface area contributed by atoms with E-state index in [0.29, 0.717) is 6.20 Å². The maximum Gasteiger partial charge on any atom is 0.281 e. The van der Waals surface area contributed by atoms with Gasteiger partial charge in [-0.2, -0.15) is 0 Å². The molecule has 0 aromatic carbocycles. The topological polar surface area (TPSA) is 56.3 Å². The second-order valence-corrected chi connectivity index (χ2v) is 5.10. The van der Waals surface area contributed by atoms with Crippen molar-refractivity contribution in [1.29, 1.82) is 0 Å². The van der Waals surface area contributed by atoms with Crippen LogP contribution in [0.1, 0.15) is 12.1 Å². The van der Waals surface area contributed by atoms with Crippen LogP contribution in [0.2, 0.25) is 0 Å². The van der Waals surface area contributed by atoms with Crippen LogP contribution >= 0.6 is 10.7 Å². The van der Waals surface area contributed by atoms with E-state index in [1.165, 1.54) is 0 Å². The Morgan fingerprint density at radius 3 is 2.44 bits per heavy atom. The highest BCUT2D eigenvalue weighted by atomic mass is 35.7. The normalized spacial score (nSPS) is 11.9. The van der Waals surface area contributed by atoms with Gasteiger partial charge in [0.25, 0.3) is 15.5 Å². The number of nitrogens with zero attached hydrogens (tertiary/aromatic N) is 1. The van der Waals surface area contributed by atoms with Crippen LogP contribution in [0.5, 0.6) is 5.75 Å². The predicted molar refractivity (Wildman–Crippen MR) is 48.7 cm³/mol. The van der Waals surface area contributed by atoms with Gasteiger partial charge in [-0.05, 0) is 0 Å². The molecule has 0 saturated carbocycles. The summed E-state index contributed by atoms with van der Waals surface area (Å²) in [5.41, 5.74) is -1.15. The summed E-state index contributed by atoms with van der Waals surface area (Å²) in [5, 5.41) is 0. The summed E-state index contributed by atoms with van der Waals surface area (Å²) in [5.74, 6) is -2.06. The van der Waals surface area contributed by atoms with Gasteiger partial charge in [0.05, 0.1) is 13.3 Å². The molecular formula is C7H5ClF3NO3S. The molecule has 0 amide bonds. The Morgan fingerprint density at radius 1 is 1.50 bits per heavy atom. The summed E-state index contributed by atoms with van der Waals surface area (Å²) in [4.78, 5) is 1.84. The Bertz CT molecular complexity index is 506. The highest BCUT2D eigenvalue weighted by molar-refractivity contribution is 8.13. The fourth-order valence-corrected chi connectivity index (χ4v) is 2.29. The van der Waals surface area contributed by atoms with E-state index >= 15 is 0 Å². The molecule has 0 N–H and O–H groups in total. The SMILES string of the molecule is COc1c(F)cnc(C(F)F)c1S(=O)(=O)Cl. The largest absolute Gasteiger partial charge is 0.492 e. The summed E-state index contributed by atoms with van der Waals surface area (Å²) >= 11 is 0. The summed E-state index contributed by atoms with van der Waals surface area (Å²) in [6.45, 7) is 0. The smallest absolute Gasteiger partial charge is 0.281 e. The quantitative estimate of drug-likeness (QED) is 0.793. The van der Waals surface area contributed by atoms with E-state index in [1.807, 2.05) is 0 Å². The van der Waals surface area contributed by atoms with Crippen molar-refractivity contribution < 1.29 is 26.3 Å². The van der Waals surface area contributed by atoms with E-state index in [2.05, 4.69) is 9.72 Å². The third kappa shape index (κ3) is 2.38. The average Bonchev–Trinajstić information content (AvgIpc) is 2.15. The monoisotopic (exact) mass is 275 g/mol. The minimum absolute atomic E-state index is 0.436. The minimum atomic E-state index is -4.58. The molecule has 16 heavy (non-hydrogen) atoms. The molecule has 9 heteroatoms. The van der Waals surface area contributed by atoms with Crippen molar-refractivity contribution in [1.82, 2.24) is 4.98 Å². The number of aromatic nitrogens is 1. The lowest BCUT2D eigenvalue weighted by molar-refractivity contribution is 0.141. The van der Waals surface area contributed by atoms with Gasteiger partial charge in [-0.1, -0.05) is 0 Å². The fourth-order valence-electron chi connectivity index (χ4n) is 1.05. The van der Waals surface area contributed by atoms with Gasteiger partial charge in [-0.25, -0.2) is 21.6 Å². The lowest BCUT2D eigenvalue weighted by atomic mass is 10.3. The third-order valence-corrected chi connectivity index (χ3v) is 2.97. The molecule has 0 bridgehead atoms. The maximum absolute atomic E-state index is 13.1. The van der Waals surface area contributed by atoms with Gasteiger partial charge in [0.2, 0.25) is 0 Å². The van der Waals surface area contributed by atoms with Gasteiger partial charge >= 0.3 is 0 Å². The molecule has 0 atom stereocenters. The zero-order valence-electron chi connectivity index (χ0n) is 7.75. The molecule has 0 unspecified atom stereocenters. The molecule has 0 aliphatic heterocycles. The van der Waals surface area contributed by atoms with Crippen LogP contribution in [0, 0.1) is 5.82 Å². The predicted octanol–water partition coefficient (Wildman–Crippen LogP) is 2.09. The van der Waals surface area contributed by atoms with Crippen LogP contribution in [-0.2, 0) is 9.05 Å². The number of methoxy groups -OCH3 is 1. The van der Waals surface area contributed by atoms with Crippen molar-refractivity contribution >= 4 is 19.7 Å². The van der Waals surface area contributed by atoms with Gasteiger partial charge in [0.15, 0.2) is 16.5 Å². The molecule has 0 fully saturated rings. The van der Waals surface area contributed by atoms with E-state index in [0.717, 1.165) is 7.11 Å². The first-order chi connectivity index (χ1) is 7.29. The summed E-state index contributed by atoms with van der Waals surface area (Å²) in [7, 11) is 1.27. The Kier molecular flexibility index (Phi) is 3.64. The van der Waals surface area contributed by atoms with E-state index in [9.17, 15) is 21.6 Å². The zero-order valence-corrected chi connectivity index (χ0v) is 9.32. The fraction of sp³-hybridized carbons (Fsp3) is 0.286. The number of pyridine rings is 1. The van der Waals surface area contributed by atoms with Crippen molar-refractivity contribution in [2.45, 2.75) is 11.3 Å². The summed E-state index contributed by atoms with van der Waals surface area (Å²) < 4.78 is 64.4. The van der Waals surface area contributed by atoms with Gasteiger partial charge in [0, 0.05) is 10.7 Å². The Balaban J connectivity index is 3.68. The van der Waals surface area contributed by atoms with Crippen molar-refractivity contribution in [3.63, 3.8) is 0 Å². The molecule has 1 aromatic heterocycles. The summed E-state index contributed by atoms with van der Waals surface area (Å²) in [6, 6.07) is 0. The lowest BCUT2D eigenvalue weighted by Gasteiger charge is -2.10. The van der Waals surface area contributed by atoms with Crippen molar-refractivity contribution in [3.05, 3.63) is 17.7 Å². The highest BCUT2D eigenvalue weighted by Gasteiger charge is 2.30. The Labute approximate surface area is 93.4 Å². The first-order valence-electron chi connectivity index (χ1n) is 3.74. The highest BCUT2D eigenvalue weighted by Crippen LogP contribution is 2.35. The number of hydrogen-bond acceptors (Lipinski definition) is 4. The number of hydrogen-bond donors (Lipinski definition) is 0. The van der Waals surface area contributed by atoms with Gasteiger partial charge < -0.3 is 4.74 Å². The number of halogens is 4. The first-order valence-corrected chi connectivity index (χ1v) is 6.05. The second kappa shape index (κ2) is 4.46. The molecule has 1 aromatic rings. The molecule has 1 heterocycles. The van der Waals surface area contributed by atoms with Crippen LogP contribution < -0.4 is 4.74 Å². The molecule has 0 radical (unpaired) electrons. The van der Waals surface area contributed by atoms with Crippen molar-refractivity contribution in [2.75, 3.05) is 7.11 Å². The molecule has 90 valence electrons. The van der Waals surface area contributed by atoms with Gasteiger partial charge in [-0.15, -0.1) is 0 Å². The van der Waals surface area contributed by atoms with E-state index in [4.69, 9.17) is 10.7 Å². The molecule has 1 rings (SSSR count). The lowest BCUT2D eigenvalue weighted by Crippen LogP contribution is -2.06. The second-order valence-electron chi connectivity index (χ2n) is 2.59. The summed E-state index contributed by atoms with van der Waals surface area (Å²) in [6.07, 6.45) is -2.77. The van der Waals surface area contributed by atoms with Crippen LogP contribution in [0.15, 0.2) is 11.1 Å². The van der Waals surface area contributed by atoms with Crippen molar-refractivity contribution in [2.24, 2.45) is 0 Å². The number of rotatable bonds is 3. The number of ether oxygens (including phenoxy) is 1. The Morgan fingerprint density at radius 2 is 2.06 bits per heavy atom. The Hall–Kier alpha value is -1.02. The van der Waals surface area contributed by atoms with Crippen molar-refractivity contribution in [3.8, 4) is 5.75 Å². The average molecular weight is 276 g/mol. The van der Waals surface area contributed by atoms with Crippen LogP contribution in [0.25, 0.3) is 0 Å². The molecule has 4 nitrogen and oxygen atoms in total. The first kappa shape index (κ1) is 13.0. The van der Waals surface area contributed by atoms with Gasteiger partial charge in [-0.3, -0.25) is 4.98 Å². The number of alkyl halides is 2. The van der Waals surface area contributed by atoms with Crippen LogP contribution in [-0.4, -0.2) is 20.5 Å². The van der Waals surface area contributed by atoms with E-state index in [1.54, 1.807) is 0 Å².